The molecular formula is C9H10N2O2. The molecule has 1 N–H and O–H groups in total. The third kappa shape index (κ3) is 1.40. The molecule has 2 heterocycles. The second kappa shape index (κ2) is 3.14. The van der Waals surface area contributed by atoms with Gasteiger partial charge in [-0.05, 0) is 12.1 Å². The summed E-state index contributed by atoms with van der Waals surface area (Å²) in [5, 5.41) is 9.50. The highest BCUT2D eigenvalue weighted by atomic mass is 16.3. The maximum atomic E-state index is 11.3. The first-order valence-electron chi connectivity index (χ1n) is 4.19. The van der Waals surface area contributed by atoms with E-state index in [1.165, 1.54) is 4.90 Å². The predicted molar refractivity (Wildman–Crippen MR) is 47.0 cm³/mol. The number of rotatable bonds is 1. The van der Waals surface area contributed by atoms with Gasteiger partial charge in [-0.1, -0.05) is 0 Å². The van der Waals surface area contributed by atoms with Crippen molar-refractivity contribution in [3.63, 3.8) is 0 Å². The van der Waals surface area contributed by atoms with E-state index in [2.05, 4.69) is 4.98 Å². The smallest absolute Gasteiger partial charge is 0.229 e. The van der Waals surface area contributed by atoms with Crippen molar-refractivity contribution in [3.8, 4) is 0 Å². The molecule has 0 spiro atoms. The first-order valence-corrected chi connectivity index (χ1v) is 4.19. The minimum Gasteiger partial charge on any atom is -0.373 e. The van der Waals surface area contributed by atoms with Crippen molar-refractivity contribution >= 4 is 11.6 Å². The van der Waals surface area contributed by atoms with E-state index < -0.39 is 6.23 Å². The normalized spacial score (nSPS) is 22.4. The summed E-state index contributed by atoms with van der Waals surface area (Å²) in [7, 11) is 0. The summed E-state index contributed by atoms with van der Waals surface area (Å²) in [6.07, 6.45) is 3.47. The van der Waals surface area contributed by atoms with Crippen molar-refractivity contribution in [2.24, 2.45) is 0 Å². The summed E-state index contributed by atoms with van der Waals surface area (Å²) in [5.74, 6) is -0.0290. The lowest BCUT2D eigenvalue weighted by atomic mass is 10.3. The van der Waals surface area contributed by atoms with Crippen LogP contribution in [-0.4, -0.2) is 22.2 Å². The van der Waals surface area contributed by atoms with Gasteiger partial charge in [0.1, 0.15) is 6.23 Å². The van der Waals surface area contributed by atoms with Gasteiger partial charge in [0, 0.05) is 30.9 Å². The van der Waals surface area contributed by atoms with E-state index in [0.29, 0.717) is 18.5 Å². The number of amides is 1. The number of aromatic nitrogens is 1. The van der Waals surface area contributed by atoms with Crippen LogP contribution in [0.25, 0.3) is 0 Å². The molecule has 0 saturated carbocycles. The monoisotopic (exact) mass is 178 g/mol. The van der Waals surface area contributed by atoms with Crippen molar-refractivity contribution in [2.75, 3.05) is 4.90 Å². The van der Waals surface area contributed by atoms with Gasteiger partial charge in [-0.15, -0.1) is 0 Å². The van der Waals surface area contributed by atoms with Crippen LogP contribution in [-0.2, 0) is 4.79 Å². The lowest BCUT2D eigenvalue weighted by Crippen LogP contribution is -2.32. The van der Waals surface area contributed by atoms with Gasteiger partial charge in [-0.25, -0.2) is 0 Å². The zero-order valence-corrected chi connectivity index (χ0v) is 7.05. The molecule has 2 rings (SSSR count). The lowest BCUT2D eigenvalue weighted by molar-refractivity contribution is -0.117. The molecule has 0 aliphatic carbocycles. The minimum absolute atomic E-state index is 0.0290. The fraction of sp³-hybridized carbons (Fsp3) is 0.333. The molecule has 1 saturated heterocycles. The molecule has 13 heavy (non-hydrogen) atoms. The molecule has 1 amide bonds. The van der Waals surface area contributed by atoms with Gasteiger partial charge in [0.15, 0.2) is 0 Å². The zero-order valence-electron chi connectivity index (χ0n) is 7.05. The Kier molecular flexibility index (Phi) is 1.98. The number of pyridine rings is 1. The maximum Gasteiger partial charge on any atom is 0.229 e. The van der Waals surface area contributed by atoms with E-state index in [0.717, 1.165) is 0 Å². The number of anilines is 1. The fourth-order valence-electron chi connectivity index (χ4n) is 1.49. The van der Waals surface area contributed by atoms with Crippen molar-refractivity contribution < 1.29 is 9.90 Å². The van der Waals surface area contributed by atoms with Crippen molar-refractivity contribution in [1.82, 2.24) is 4.98 Å². The SMILES string of the molecule is O=C1CCC(O)N1c1ccncc1. The van der Waals surface area contributed by atoms with Gasteiger partial charge in [0.05, 0.1) is 0 Å². The van der Waals surface area contributed by atoms with Crippen LogP contribution in [0.15, 0.2) is 24.5 Å². The molecule has 0 radical (unpaired) electrons. The number of aliphatic hydroxyl groups is 1. The van der Waals surface area contributed by atoms with Gasteiger partial charge in [0.25, 0.3) is 0 Å². The number of hydrogen-bond donors (Lipinski definition) is 1. The van der Waals surface area contributed by atoms with Crippen LogP contribution in [0.2, 0.25) is 0 Å². The number of carbonyl (C=O) groups excluding carboxylic acids is 1. The van der Waals surface area contributed by atoms with Crippen LogP contribution >= 0.6 is 0 Å². The Morgan fingerprint density at radius 1 is 1.46 bits per heavy atom. The van der Waals surface area contributed by atoms with Crippen molar-refractivity contribution in [3.05, 3.63) is 24.5 Å². The average Bonchev–Trinajstić information content (AvgIpc) is 2.48. The van der Waals surface area contributed by atoms with E-state index in [1.54, 1.807) is 24.5 Å². The molecule has 1 unspecified atom stereocenters. The third-order valence-corrected chi connectivity index (χ3v) is 2.12. The topological polar surface area (TPSA) is 53.4 Å². The Balaban J connectivity index is 2.30. The molecule has 4 heteroatoms. The third-order valence-electron chi connectivity index (χ3n) is 2.12. The number of hydrogen-bond acceptors (Lipinski definition) is 3. The second-order valence-corrected chi connectivity index (χ2v) is 2.99. The molecule has 68 valence electrons. The molecule has 0 bridgehead atoms. The number of aliphatic hydroxyl groups excluding tert-OH is 1. The van der Waals surface area contributed by atoms with E-state index in [9.17, 15) is 9.90 Å². The molecule has 1 aromatic heterocycles. The fourth-order valence-corrected chi connectivity index (χ4v) is 1.49. The first-order chi connectivity index (χ1) is 6.29. The highest BCUT2D eigenvalue weighted by Crippen LogP contribution is 2.23. The van der Waals surface area contributed by atoms with Gasteiger partial charge in [-0.3, -0.25) is 14.7 Å². The Morgan fingerprint density at radius 2 is 2.15 bits per heavy atom. The molecule has 1 aliphatic heterocycles. The summed E-state index contributed by atoms with van der Waals surface area (Å²) in [6.45, 7) is 0. The van der Waals surface area contributed by atoms with Crippen LogP contribution in [0.3, 0.4) is 0 Å². The van der Waals surface area contributed by atoms with Crippen LogP contribution in [0.4, 0.5) is 5.69 Å². The van der Waals surface area contributed by atoms with E-state index in [1.807, 2.05) is 0 Å². The van der Waals surface area contributed by atoms with Gasteiger partial charge < -0.3 is 5.11 Å². The summed E-state index contributed by atoms with van der Waals surface area (Å²) >= 11 is 0. The number of carbonyl (C=O) groups is 1. The van der Waals surface area contributed by atoms with Crippen LogP contribution in [0.1, 0.15) is 12.8 Å². The Labute approximate surface area is 75.8 Å². The van der Waals surface area contributed by atoms with Gasteiger partial charge >= 0.3 is 0 Å². The summed E-state index contributed by atoms with van der Waals surface area (Å²) < 4.78 is 0. The predicted octanol–water partition coefficient (Wildman–Crippen LogP) is 0.527. The Bertz CT molecular complexity index is 313. The van der Waals surface area contributed by atoms with E-state index in [4.69, 9.17) is 0 Å². The summed E-state index contributed by atoms with van der Waals surface area (Å²) in [6, 6.07) is 3.43. The first kappa shape index (κ1) is 8.19. The summed E-state index contributed by atoms with van der Waals surface area (Å²) in [4.78, 5) is 16.6. The Morgan fingerprint density at radius 3 is 2.69 bits per heavy atom. The average molecular weight is 178 g/mol. The molecule has 1 aliphatic rings. The maximum absolute atomic E-state index is 11.3. The highest BCUT2D eigenvalue weighted by molar-refractivity contribution is 5.95. The van der Waals surface area contributed by atoms with Crippen LogP contribution in [0, 0.1) is 0 Å². The van der Waals surface area contributed by atoms with Crippen molar-refractivity contribution in [1.29, 1.82) is 0 Å². The molecule has 1 fully saturated rings. The quantitative estimate of drug-likeness (QED) is 0.682. The minimum atomic E-state index is -0.671. The molecule has 1 atom stereocenters. The molecule has 4 nitrogen and oxygen atoms in total. The standard InChI is InChI=1S/C9H10N2O2/c12-8-1-2-9(13)11(8)7-3-5-10-6-4-7/h3-6,8,12H,1-2H2. The van der Waals surface area contributed by atoms with Crippen LogP contribution < -0.4 is 4.90 Å². The second-order valence-electron chi connectivity index (χ2n) is 2.99. The lowest BCUT2D eigenvalue weighted by Gasteiger charge is -2.19. The molecular weight excluding hydrogens is 168 g/mol. The largest absolute Gasteiger partial charge is 0.373 e. The van der Waals surface area contributed by atoms with Crippen molar-refractivity contribution in [2.45, 2.75) is 19.1 Å². The Hall–Kier alpha value is -1.42. The molecule has 1 aromatic rings. The summed E-state index contributed by atoms with van der Waals surface area (Å²) in [5.41, 5.74) is 0.713. The van der Waals surface area contributed by atoms with Gasteiger partial charge in [-0.2, -0.15) is 0 Å². The van der Waals surface area contributed by atoms with Gasteiger partial charge in [0.2, 0.25) is 5.91 Å². The number of nitrogens with zero attached hydrogens (tertiary/aromatic N) is 2. The molecule has 0 aromatic carbocycles. The van der Waals surface area contributed by atoms with Crippen LogP contribution in [0.5, 0.6) is 0 Å². The van der Waals surface area contributed by atoms with E-state index in [-0.39, 0.29) is 5.91 Å². The van der Waals surface area contributed by atoms with E-state index >= 15 is 0 Å². The zero-order chi connectivity index (χ0) is 9.26. The highest BCUT2D eigenvalue weighted by Gasteiger charge is 2.30.